The van der Waals surface area contributed by atoms with Crippen LogP contribution in [0.3, 0.4) is 0 Å². The molecule has 1 unspecified atom stereocenters. The quantitative estimate of drug-likeness (QED) is 0.119. The van der Waals surface area contributed by atoms with Gasteiger partial charge < -0.3 is 19.9 Å². The van der Waals surface area contributed by atoms with Crippen LogP contribution in [0.2, 0.25) is 0 Å². The van der Waals surface area contributed by atoms with E-state index in [0.717, 1.165) is 17.0 Å². The molecule has 0 saturated heterocycles. The largest absolute Gasteiger partial charge is 0.490 e. The Kier molecular flexibility index (Phi) is 12.0. The molecule has 0 radical (unpaired) electrons. The Morgan fingerprint density at radius 1 is 1.20 bits per heavy atom. The topological polar surface area (TPSA) is 166 Å². The highest BCUT2D eigenvalue weighted by Gasteiger charge is 2.39. The van der Waals surface area contributed by atoms with Gasteiger partial charge in [-0.25, -0.2) is 9.78 Å². The molecule has 41 heavy (non-hydrogen) atoms. The number of carboxylic acids is 1. The lowest BCUT2D eigenvalue weighted by Crippen LogP contribution is -2.27. The van der Waals surface area contributed by atoms with Gasteiger partial charge in [-0.1, -0.05) is 17.4 Å². The Hall–Kier alpha value is -3.34. The summed E-state index contributed by atoms with van der Waals surface area (Å²) in [5.41, 5.74) is 7.14. The summed E-state index contributed by atoms with van der Waals surface area (Å²) in [5.74, 6) is -1.71. The van der Waals surface area contributed by atoms with Gasteiger partial charge >= 0.3 is 27.3 Å². The summed E-state index contributed by atoms with van der Waals surface area (Å²) in [7, 11) is -4.43. The van der Waals surface area contributed by atoms with Gasteiger partial charge in [-0.15, -0.1) is 23.2 Å². The SMILES string of the molecule is Cc1csc([N+](=O)[O-])c1C(c1ccc(N)nc1)S(=O)(=O)Oc1ccc(N(CCCl)CCCl)cc1.O=C(O)C(F)(F)F. The van der Waals surface area contributed by atoms with Crippen LogP contribution < -0.4 is 14.8 Å². The number of thiophene rings is 1. The molecule has 2 heterocycles. The third-order valence-electron chi connectivity index (χ3n) is 5.20. The van der Waals surface area contributed by atoms with Gasteiger partial charge in [-0.3, -0.25) is 10.1 Å². The van der Waals surface area contributed by atoms with Gasteiger partial charge in [0.2, 0.25) is 0 Å². The Morgan fingerprint density at radius 2 is 1.76 bits per heavy atom. The van der Waals surface area contributed by atoms with Gasteiger partial charge in [-0.2, -0.15) is 21.6 Å². The van der Waals surface area contributed by atoms with Crippen molar-refractivity contribution >= 4 is 67.1 Å². The fraction of sp³-hybridized carbons (Fsp3) is 0.304. The molecule has 2 aromatic heterocycles. The molecule has 3 aromatic rings. The van der Waals surface area contributed by atoms with Crippen LogP contribution in [0.25, 0.3) is 0 Å². The lowest BCUT2D eigenvalue weighted by molar-refractivity contribution is -0.380. The zero-order valence-electron chi connectivity index (χ0n) is 21.0. The van der Waals surface area contributed by atoms with Crippen LogP contribution in [0.5, 0.6) is 5.75 Å². The van der Waals surface area contributed by atoms with Gasteiger partial charge in [0.1, 0.15) is 11.6 Å². The van der Waals surface area contributed by atoms with E-state index in [1.54, 1.807) is 19.1 Å². The number of aromatic nitrogens is 1. The zero-order chi connectivity index (χ0) is 31.0. The van der Waals surface area contributed by atoms with Gasteiger partial charge in [0.05, 0.1) is 10.5 Å². The smallest absolute Gasteiger partial charge is 0.475 e. The number of pyridine rings is 1. The fourth-order valence-electron chi connectivity index (χ4n) is 3.42. The number of carboxylic acid groups (broad SMARTS) is 1. The number of rotatable bonds is 11. The van der Waals surface area contributed by atoms with E-state index in [-0.39, 0.29) is 27.7 Å². The average molecular weight is 659 g/mol. The molecule has 1 atom stereocenters. The normalized spacial score (nSPS) is 12.1. The number of halogens is 5. The van der Waals surface area contributed by atoms with E-state index in [1.807, 2.05) is 4.90 Å². The number of aryl methyl sites for hydroxylation is 1. The molecule has 0 aliphatic carbocycles. The second kappa shape index (κ2) is 14.5. The minimum Gasteiger partial charge on any atom is -0.475 e. The second-order valence-corrected chi connectivity index (χ2v) is 11.3. The maximum atomic E-state index is 13.5. The van der Waals surface area contributed by atoms with Gasteiger partial charge in [0.15, 0.2) is 5.25 Å². The van der Waals surface area contributed by atoms with Crippen molar-refractivity contribution in [2.75, 3.05) is 35.5 Å². The number of nitrogen functional groups attached to an aromatic ring is 1. The standard InChI is InChI=1S/C21H22Cl2N4O5S2.C2HF3O2/c1-14-13-33-21(27(28)29)19(14)20(15-2-7-18(24)25-12-15)34(30,31)32-17-5-3-16(4-6-17)26(10-8-22)11-9-23;3-2(4,5)1(6)7/h2-7,12-13,20H,8-11H2,1H3,(H2,24,25);(H,6,7). The summed E-state index contributed by atoms with van der Waals surface area (Å²) < 4.78 is 64.2. The minimum atomic E-state index is -5.08. The molecule has 18 heteroatoms. The number of nitrogens with two attached hydrogens (primary N) is 1. The number of hydrogen-bond acceptors (Lipinski definition) is 10. The Labute approximate surface area is 246 Å². The van der Waals surface area contributed by atoms with Gasteiger partial charge in [0, 0.05) is 42.1 Å². The number of aliphatic carboxylic acids is 1. The predicted molar refractivity (Wildman–Crippen MR) is 150 cm³/mol. The molecular formula is C23H23Cl2F3N4O7S2. The average Bonchev–Trinajstić information content (AvgIpc) is 3.26. The van der Waals surface area contributed by atoms with E-state index in [1.165, 1.54) is 35.8 Å². The highest BCUT2D eigenvalue weighted by atomic mass is 35.5. The number of carbonyl (C=O) groups is 1. The van der Waals surface area contributed by atoms with Crippen molar-refractivity contribution in [3.63, 3.8) is 0 Å². The number of nitrogens with zero attached hydrogens (tertiary/aromatic N) is 3. The Bertz CT molecular complexity index is 1430. The second-order valence-electron chi connectivity index (χ2n) is 8.03. The van der Waals surface area contributed by atoms with E-state index < -0.39 is 32.4 Å². The summed E-state index contributed by atoms with van der Waals surface area (Å²) in [4.78, 5) is 25.9. The van der Waals surface area contributed by atoms with Crippen molar-refractivity contribution in [2.45, 2.75) is 18.3 Å². The molecule has 1 aromatic carbocycles. The molecule has 11 nitrogen and oxygen atoms in total. The highest BCUT2D eigenvalue weighted by Crippen LogP contribution is 2.42. The lowest BCUT2D eigenvalue weighted by Gasteiger charge is -2.23. The number of anilines is 2. The van der Waals surface area contributed by atoms with E-state index in [4.69, 9.17) is 43.0 Å². The molecule has 0 amide bonds. The van der Waals surface area contributed by atoms with Gasteiger partial charge in [-0.05, 0) is 48.4 Å². The van der Waals surface area contributed by atoms with Crippen LogP contribution in [0.4, 0.5) is 29.7 Å². The molecule has 0 spiro atoms. The molecule has 0 aliphatic heterocycles. The van der Waals surface area contributed by atoms with E-state index in [2.05, 4.69) is 4.98 Å². The Balaban J connectivity index is 0.000000745. The Morgan fingerprint density at radius 3 is 2.20 bits per heavy atom. The maximum absolute atomic E-state index is 13.5. The molecule has 3 rings (SSSR count). The summed E-state index contributed by atoms with van der Waals surface area (Å²) in [6.45, 7) is 2.75. The number of alkyl halides is 5. The molecule has 3 N–H and O–H groups in total. The minimum absolute atomic E-state index is 0.0357. The molecular weight excluding hydrogens is 636 g/mol. The third-order valence-corrected chi connectivity index (χ3v) is 8.11. The van der Waals surface area contributed by atoms with Crippen LogP contribution >= 0.6 is 34.5 Å². The predicted octanol–water partition coefficient (Wildman–Crippen LogP) is 5.36. The van der Waals surface area contributed by atoms with Crippen LogP contribution in [0.1, 0.15) is 21.9 Å². The van der Waals surface area contributed by atoms with Crippen molar-refractivity contribution in [1.82, 2.24) is 4.98 Å². The molecule has 0 saturated carbocycles. The fourth-order valence-corrected chi connectivity index (χ4v) is 6.34. The van der Waals surface area contributed by atoms with Crippen LogP contribution in [0.15, 0.2) is 48.0 Å². The van der Waals surface area contributed by atoms with Crippen molar-refractivity contribution in [1.29, 1.82) is 0 Å². The lowest BCUT2D eigenvalue weighted by atomic mass is 10.0. The summed E-state index contributed by atoms with van der Waals surface area (Å²) in [6.07, 6.45) is -3.80. The third kappa shape index (κ3) is 9.34. The first-order valence-electron chi connectivity index (χ1n) is 11.3. The first-order valence-corrected chi connectivity index (χ1v) is 14.7. The molecule has 0 fully saturated rings. The first-order chi connectivity index (χ1) is 19.1. The number of benzene rings is 1. The molecule has 224 valence electrons. The van der Waals surface area contributed by atoms with E-state index in [9.17, 15) is 31.7 Å². The van der Waals surface area contributed by atoms with Crippen molar-refractivity contribution < 1.29 is 40.6 Å². The van der Waals surface area contributed by atoms with E-state index in [0.29, 0.717) is 30.4 Å². The molecule has 0 aliphatic rings. The van der Waals surface area contributed by atoms with Crippen LogP contribution in [-0.2, 0) is 14.9 Å². The summed E-state index contributed by atoms with van der Waals surface area (Å²) in [5, 5.41) is 18.5. The number of nitro groups is 1. The summed E-state index contributed by atoms with van der Waals surface area (Å²) >= 11 is 12.6. The first kappa shape index (κ1) is 33.9. The van der Waals surface area contributed by atoms with E-state index >= 15 is 0 Å². The number of hydrogen-bond donors (Lipinski definition) is 2. The van der Waals surface area contributed by atoms with Crippen molar-refractivity contribution in [2.24, 2.45) is 0 Å². The monoisotopic (exact) mass is 658 g/mol. The highest BCUT2D eigenvalue weighted by molar-refractivity contribution is 7.87. The summed E-state index contributed by atoms with van der Waals surface area (Å²) in [6, 6.07) is 9.31. The molecule has 0 bridgehead atoms. The maximum Gasteiger partial charge on any atom is 0.490 e. The van der Waals surface area contributed by atoms with Crippen molar-refractivity contribution in [3.8, 4) is 5.75 Å². The van der Waals surface area contributed by atoms with Crippen LogP contribution in [0, 0.1) is 17.0 Å². The van der Waals surface area contributed by atoms with Crippen molar-refractivity contribution in [3.05, 3.63) is 74.8 Å². The van der Waals surface area contributed by atoms with Crippen LogP contribution in [-0.4, -0.2) is 60.4 Å². The zero-order valence-corrected chi connectivity index (χ0v) is 24.2. The van der Waals surface area contributed by atoms with Gasteiger partial charge in [0.25, 0.3) is 0 Å².